The zero-order chi connectivity index (χ0) is 21.7. The van der Waals surface area contributed by atoms with Crippen molar-refractivity contribution in [2.75, 3.05) is 19.6 Å². The van der Waals surface area contributed by atoms with E-state index in [9.17, 15) is 27.2 Å². The summed E-state index contributed by atoms with van der Waals surface area (Å²) in [6.45, 7) is 0. The first-order valence-corrected chi connectivity index (χ1v) is 8.04. The Morgan fingerprint density at radius 1 is 0.966 bits per heavy atom. The maximum atomic E-state index is 13.9. The molecular weight excluding hydrogens is 398 g/mol. The van der Waals surface area contributed by atoms with Crippen molar-refractivity contribution in [3.8, 4) is 5.75 Å². The Labute approximate surface area is 163 Å². The molecular formula is C18H17F4N3O4. The number of halogens is 4. The molecule has 2 rings (SSSR count). The van der Waals surface area contributed by atoms with Crippen LogP contribution in [0.5, 0.6) is 5.75 Å². The van der Waals surface area contributed by atoms with E-state index in [4.69, 9.17) is 4.74 Å². The van der Waals surface area contributed by atoms with Gasteiger partial charge in [0.05, 0.1) is 19.8 Å². The van der Waals surface area contributed by atoms with Gasteiger partial charge in [-0.25, -0.2) is 9.18 Å². The molecule has 0 radical (unpaired) electrons. The lowest BCUT2D eigenvalue weighted by atomic mass is 10.1. The lowest BCUT2D eigenvalue weighted by molar-refractivity contribution is -0.215. The molecule has 0 spiro atoms. The molecule has 0 aliphatic carbocycles. The van der Waals surface area contributed by atoms with E-state index in [1.54, 1.807) is 10.7 Å². The van der Waals surface area contributed by atoms with Gasteiger partial charge in [0.25, 0.3) is 5.91 Å². The molecule has 0 saturated carbocycles. The van der Waals surface area contributed by atoms with Crippen LogP contribution in [-0.4, -0.2) is 37.9 Å². The number of methoxy groups -OCH3 is 2. The molecule has 1 amide bonds. The number of hydrazine groups is 1. The van der Waals surface area contributed by atoms with E-state index in [1.165, 1.54) is 31.4 Å². The van der Waals surface area contributed by atoms with Crippen molar-refractivity contribution >= 4 is 17.6 Å². The Hall–Kier alpha value is -3.34. The molecule has 0 saturated heterocycles. The number of hydrogen-bond donors (Lipinski definition) is 3. The topological polar surface area (TPSA) is 88.7 Å². The van der Waals surface area contributed by atoms with Gasteiger partial charge in [0.1, 0.15) is 11.6 Å². The van der Waals surface area contributed by atoms with E-state index < -0.39 is 29.5 Å². The number of carbonyl (C=O) groups is 2. The van der Waals surface area contributed by atoms with Gasteiger partial charge in [-0.05, 0) is 36.4 Å². The van der Waals surface area contributed by atoms with Gasteiger partial charge in [-0.15, -0.1) is 0 Å². The van der Waals surface area contributed by atoms with Crippen molar-refractivity contribution in [2.45, 2.75) is 11.8 Å². The summed E-state index contributed by atoms with van der Waals surface area (Å²) in [7, 11) is 1.97. The van der Waals surface area contributed by atoms with Gasteiger partial charge in [-0.1, -0.05) is 12.1 Å². The number of carbonyl (C=O) groups excluding carboxylic acids is 2. The van der Waals surface area contributed by atoms with Gasteiger partial charge in [0.15, 0.2) is 0 Å². The minimum atomic E-state index is -5.33. The maximum Gasteiger partial charge on any atom is 0.438 e. The first kappa shape index (κ1) is 22.0. The lowest BCUT2D eigenvalue weighted by Crippen LogP contribution is -2.73. The number of alkyl halides is 3. The number of esters is 1. The van der Waals surface area contributed by atoms with Crippen LogP contribution >= 0.6 is 0 Å². The van der Waals surface area contributed by atoms with E-state index in [-0.39, 0.29) is 17.0 Å². The van der Waals surface area contributed by atoms with E-state index >= 15 is 0 Å². The average Bonchev–Trinajstić information content (AvgIpc) is 2.70. The summed E-state index contributed by atoms with van der Waals surface area (Å²) in [5, 5.41) is 1.63. The minimum Gasteiger partial charge on any atom is -0.496 e. The van der Waals surface area contributed by atoms with Crippen molar-refractivity contribution < 1.29 is 36.6 Å². The molecule has 2 aromatic rings. The van der Waals surface area contributed by atoms with Gasteiger partial charge in [0.2, 0.25) is 0 Å². The monoisotopic (exact) mass is 415 g/mol. The molecule has 3 N–H and O–H groups in total. The molecule has 7 nitrogen and oxygen atoms in total. The highest BCUT2D eigenvalue weighted by molar-refractivity contribution is 6.00. The van der Waals surface area contributed by atoms with Crippen LogP contribution in [0.1, 0.15) is 10.4 Å². The van der Waals surface area contributed by atoms with Crippen LogP contribution in [0.25, 0.3) is 0 Å². The second-order valence-corrected chi connectivity index (χ2v) is 5.65. The third-order valence-corrected chi connectivity index (χ3v) is 3.81. The molecule has 11 heteroatoms. The molecule has 2 aromatic carbocycles. The number of para-hydroxylation sites is 1. The second kappa shape index (κ2) is 8.78. The molecule has 0 heterocycles. The van der Waals surface area contributed by atoms with Crippen LogP contribution in [0.2, 0.25) is 0 Å². The third kappa shape index (κ3) is 4.74. The summed E-state index contributed by atoms with van der Waals surface area (Å²) in [5.74, 6) is -3.70. The summed E-state index contributed by atoms with van der Waals surface area (Å²) >= 11 is 0. The van der Waals surface area contributed by atoms with Crippen molar-refractivity contribution in [3.63, 3.8) is 0 Å². The molecule has 0 aliphatic heterocycles. The number of benzene rings is 2. The highest BCUT2D eigenvalue weighted by Crippen LogP contribution is 2.31. The quantitative estimate of drug-likeness (QED) is 0.279. The zero-order valence-corrected chi connectivity index (χ0v) is 15.3. The van der Waals surface area contributed by atoms with Crippen LogP contribution < -0.4 is 20.9 Å². The highest BCUT2D eigenvalue weighted by Gasteiger charge is 2.63. The first-order valence-electron chi connectivity index (χ1n) is 8.04. The number of amides is 1. The Bertz CT molecular complexity index is 874. The Morgan fingerprint density at radius 2 is 1.59 bits per heavy atom. The maximum absolute atomic E-state index is 13.9. The number of nitrogens with one attached hydrogen (secondary N) is 3. The van der Waals surface area contributed by atoms with E-state index in [2.05, 4.69) is 10.2 Å². The van der Waals surface area contributed by atoms with Crippen molar-refractivity contribution in [1.29, 1.82) is 0 Å². The SMILES string of the molecule is COC(=O)C(NNc1ccc(F)cc1)(NC(=O)c1ccccc1OC)C(F)(F)F. The molecule has 0 fully saturated rings. The van der Waals surface area contributed by atoms with Crippen LogP contribution in [0.4, 0.5) is 23.2 Å². The van der Waals surface area contributed by atoms with Crippen LogP contribution in [0.15, 0.2) is 48.5 Å². The van der Waals surface area contributed by atoms with Gasteiger partial charge in [-0.2, -0.15) is 18.6 Å². The fourth-order valence-corrected chi connectivity index (χ4v) is 2.31. The average molecular weight is 415 g/mol. The van der Waals surface area contributed by atoms with E-state index in [0.717, 1.165) is 31.4 Å². The number of ether oxygens (including phenoxy) is 2. The number of anilines is 1. The van der Waals surface area contributed by atoms with Crippen molar-refractivity contribution in [2.24, 2.45) is 0 Å². The lowest BCUT2D eigenvalue weighted by Gasteiger charge is -2.34. The second-order valence-electron chi connectivity index (χ2n) is 5.65. The van der Waals surface area contributed by atoms with Crippen LogP contribution in [-0.2, 0) is 9.53 Å². The number of rotatable bonds is 7. The largest absolute Gasteiger partial charge is 0.496 e. The summed E-state index contributed by atoms with van der Waals surface area (Å²) in [6, 6.07) is 9.75. The summed E-state index contributed by atoms with van der Waals surface area (Å²) in [4.78, 5) is 24.7. The minimum absolute atomic E-state index is 0.00238. The molecule has 156 valence electrons. The first-order chi connectivity index (χ1) is 13.6. The fourth-order valence-electron chi connectivity index (χ4n) is 2.31. The van der Waals surface area contributed by atoms with Crippen LogP contribution in [0, 0.1) is 5.82 Å². The Balaban J connectivity index is 2.41. The van der Waals surface area contributed by atoms with E-state index in [0.29, 0.717) is 0 Å². The van der Waals surface area contributed by atoms with Gasteiger partial charge >= 0.3 is 17.8 Å². The standard InChI is InChI=1S/C18H17F4N3O4/c1-28-14-6-4-3-5-13(14)15(26)23-17(16(27)29-2,18(20,21)22)25-24-12-9-7-11(19)8-10-12/h3-10,24-25H,1-2H3,(H,23,26). The summed E-state index contributed by atoms with van der Waals surface area (Å²) in [5.41, 5.74) is -0.0130. The molecule has 0 bridgehead atoms. The van der Waals surface area contributed by atoms with Crippen LogP contribution in [0.3, 0.4) is 0 Å². The normalized spacial score (nSPS) is 13.2. The van der Waals surface area contributed by atoms with Crippen molar-refractivity contribution in [3.05, 3.63) is 59.9 Å². The molecule has 29 heavy (non-hydrogen) atoms. The van der Waals surface area contributed by atoms with E-state index in [1.807, 2.05) is 0 Å². The Kier molecular flexibility index (Phi) is 6.64. The molecule has 0 aromatic heterocycles. The number of hydrogen-bond acceptors (Lipinski definition) is 6. The smallest absolute Gasteiger partial charge is 0.438 e. The fraction of sp³-hybridized carbons (Fsp3) is 0.222. The molecule has 0 aliphatic rings. The molecule has 1 atom stereocenters. The molecule has 1 unspecified atom stereocenters. The highest BCUT2D eigenvalue weighted by atomic mass is 19.4. The predicted octanol–water partition coefficient (Wildman–Crippen LogP) is 2.61. The van der Waals surface area contributed by atoms with Gasteiger partial charge in [-0.3, -0.25) is 4.79 Å². The Morgan fingerprint density at radius 3 is 2.14 bits per heavy atom. The summed E-state index contributed by atoms with van der Waals surface area (Å²) < 4.78 is 64.0. The van der Waals surface area contributed by atoms with Gasteiger partial charge < -0.3 is 20.2 Å². The zero-order valence-electron chi connectivity index (χ0n) is 15.3. The summed E-state index contributed by atoms with van der Waals surface area (Å²) in [6.07, 6.45) is -5.33. The predicted molar refractivity (Wildman–Crippen MR) is 94.4 cm³/mol. The van der Waals surface area contributed by atoms with Crippen molar-refractivity contribution in [1.82, 2.24) is 10.7 Å². The third-order valence-electron chi connectivity index (χ3n) is 3.81. The van der Waals surface area contributed by atoms with Gasteiger partial charge in [0, 0.05) is 5.69 Å².